The Morgan fingerprint density at radius 3 is 2.64 bits per heavy atom. The van der Waals surface area contributed by atoms with E-state index in [2.05, 4.69) is 68.3 Å². The summed E-state index contributed by atoms with van der Waals surface area (Å²) in [6.07, 6.45) is 1.19. The van der Waals surface area contributed by atoms with Gasteiger partial charge in [0.05, 0.1) is 0 Å². The first kappa shape index (κ1) is 13.8. The Morgan fingerprint density at radius 1 is 1.00 bits per heavy atom. The van der Waals surface area contributed by atoms with Gasteiger partial charge in [-0.1, -0.05) is 59.2 Å². The number of hydrogen-bond acceptors (Lipinski definition) is 1. The number of hydrogen-bond donors (Lipinski definition) is 0. The van der Waals surface area contributed by atoms with Crippen LogP contribution < -0.4 is 0 Å². The van der Waals surface area contributed by atoms with E-state index in [0.717, 1.165) is 6.54 Å². The van der Waals surface area contributed by atoms with Gasteiger partial charge in [-0.05, 0) is 49.6 Å². The Labute approximate surface area is 133 Å². The first-order valence-corrected chi connectivity index (χ1v) is 8.23. The van der Waals surface area contributed by atoms with E-state index in [9.17, 15) is 0 Å². The summed E-state index contributed by atoms with van der Waals surface area (Å²) in [6.45, 7) is 6.72. The molecule has 22 heavy (non-hydrogen) atoms. The van der Waals surface area contributed by atoms with Crippen molar-refractivity contribution in [2.75, 3.05) is 20.1 Å². The van der Waals surface area contributed by atoms with Gasteiger partial charge in [-0.3, -0.25) is 0 Å². The van der Waals surface area contributed by atoms with Crippen molar-refractivity contribution in [2.24, 2.45) is 0 Å². The zero-order valence-electron chi connectivity index (χ0n) is 13.7. The van der Waals surface area contributed by atoms with Crippen molar-refractivity contribution in [1.82, 2.24) is 4.90 Å². The SMILES string of the molecule is Cc1cccc(C2=C3CCN(C)CC3c3ccc(C)cc32)c1. The highest BCUT2D eigenvalue weighted by Gasteiger charge is 2.34. The molecule has 112 valence electrons. The maximum Gasteiger partial charge on any atom is 0.0192 e. The molecule has 2 aromatic carbocycles. The highest BCUT2D eigenvalue weighted by atomic mass is 15.1. The summed E-state index contributed by atoms with van der Waals surface area (Å²) in [5.74, 6) is 0.588. The second-order valence-electron chi connectivity index (χ2n) is 6.93. The number of likely N-dealkylation sites (tertiary alicyclic amines) is 1. The molecular formula is C21H23N. The number of nitrogens with zero attached hydrogens (tertiary/aromatic N) is 1. The molecule has 1 atom stereocenters. The lowest BCUT2D eigenvalue weighted by Gasteiger charge is -2.30. The van der Waals surface area contributed by atoms with Gasteiger partial charge in [0.1, 0.15) is 0 Å². The van der Waals surface area contributed by atoms with Crippen LogP contribution in [0.2, 0.25) is 0 Å². The van der Waals surface area contributed by atoms with Crippen molar-refractivity contribution in [2.45, 2.75) is 26.2 Å². The third-order valence-electron chi connectivity index (χ3n) is 5.16. The minimum atomic E-state index is 0.588. The second kappa shape index (κ2) is 5.10. The summed E-state index contributed by atoms with van der Waals surface area (Å²) < 4.78 is 0. The van der Waals surface area contributed by atoms with E-state index in [4.69, 9.17) is 0 Å². The fraction of sp³-hybridized carbons (Fsp3) is 0.333. The third-order valence-corrected chi connectivity index (χ3v) is 5.16. The van der Waals surface area contributed by atoms with Crippen LogP contribution in [0.1, 0.15) is 40.2 Å². The Kier molecular flexibility index (Phi) is 3.19. The summed E-state index contributed by atoms with van der Waals surface area (Å²) in [4.78, 5) is 2.47. The second-order valence-corrected chi connectivity index (χ2v) is 6.93. The van der Waals surface area contributed by atoms with Crippen LogP contribution in [0.25, 0.3) is 5.57 Å². The molecule has 1 saturated heterocycles. The van der Waals surface area contributed by atoms with E-state index >= 15 is 0 Å². The molecule has 1 heteroatoms. The predicted molar refractivity (Wildman–Crippen MR) is 93.2 cm³/mol. The Bertz CT molecular complexity index is 769. The fourth-order valence-corrected chi connectivity index (χ4v) is 4.09. The lowest BCUT2D eigenvalue weighted by molar-refractivity contribution is 0.294. The van der Waals surface area contributed by atoms with Crippen LogP contribution in [0.3, 0.4) is 0 Å². The summed E-state index contributed by atoms with van der Waals surface area (Å²) in [6, 6.07) is 16.0. The number of benzene rings is 2. The number of piperidine rings is 1. The molecule has 0 saturated carbocycles. The molecule has 1 unspecified atom stereocenters. The quantitative estimate of drug-likeness (QED) is 0.745. The van der Waals surface area contributed by atoms with E-state index < -0.39 is 0 Å². The standard InChI is InChI=1S/C21H23N/c1-14-5-4-6-16(11-14)21-18-9-10-22(3)13-20(18)17-8-7-15(2)12-19(17)21/h4-8,11-12,20H,9-10,13H2,1-3H3. The summed E-state index contributed by atoms with van der Waals surface area (Å²) >= 11 is 0. The molecule has 0 amide bonds. The van der Waals surface area contributed by atoms with Crippen LogP contribution in [0.4, 0.5) is 0 Å². The van der Waals surface area contributed by atoms with E-state index in [0.29, 0.717) is 5.92 Å². The Morgan fingerprint density at radius 2 is 1.82 bits per heavy atom. The fourth-order valence-electron chi connectivity index (χ4n) is 4.09. The van der Waals surface area contributed by atoms with Gasteiger partial charge in [0, 0.05) is 19.0 Å². The van der Waals surface area contributed by atoms with Crippen LogP contribution in [0.15, 0.2) is 48.0 Å². The summed E-state index contributed by atoms with van der Waals surface area (Å²) in [5, 5.41) is 0. The molecule has 1 aliphatic heterocycles. The number of rotatable bonds is 1. The van der Waals surface area contributed by atoms with Gasteiger partial charge < -0.3 is 4.90 Å². The summed E-state index contributed by atoms with van der Waals surface area (Å²) in [5.41, 5.74) is 10.3. The molecule has 1 heterocycles. The molecule has 0 spiro atoms. The van der Waals surface area contributed by atoms with Gasteiger partial charge in [0.15, 0.2) is 0 Å². The van der Waals surface area contributed by atoms with E-state index in [1.165, 1.54) is 46.4 Å². The maximum atomic E-state index is 2.47. The van der Waals surface area contributed by atoms with Gasteiger partial charge >= 0.3 is 0 Å². The van der Waals surface area contributed by atoms with Crippen molar-refractivity contribution < 1.29 is 0 Å². The molecule has 0 aromatic heterocycles. The normalized spacial score (nSPS) is 21.0. The Balaban J connectivity index is 1.94. The van der Waals surface area contributed by atoms with Crippen LogP contribution >= 0.6 is 0 Å². The van der Waals surface area contributed by atoms with Crippen LogP contribution in [0, 0.1) is 13.8 Å². The molecule has 4 rings (SSSR count). The average Bonchev–Trinajstić information content (AvgIpc) is 2.80. The van der Waals surface area contributed by atoms with Gasteiger partial charge in [0.25, 0.3) is 0 Å². The van der Waals surface area contributed by atoms with Gasteiger partial charge in [0.2, 0.25) is 0 Å². The molecule has 1 nitrogen and oxygen atoms in total. The highest BCUT2D eigenvalue weighted by Crippen LogP contribution is 2.48. The van der Waals surface area contributed by atoms with Crippen molar-refractivity contribution in [1.29, 1.82) is 0 Å². The molecule has 1 aliphatic carbocycles. The maximum absolute atomic E-state index is 2.47. The molecular weight excluding hydrogens is 266 g/mol. The monoisotopic (exact) mass is 289 g/mol. The lowest BCUT2D eigenvalue weighted by Crippen LogP contribution is -2.31. The average molecular weight is 289 g/mol. The van der Waals surface area contributed by atoms with Crippen LogP contribution in [-0.4, -0.2) is 25.0 Å². The van der Waals surface area contributed by atoms with Crippen molar-refractivity contribution in [3.63, 3.8) is 0 Å². The molecule has 0 radical (unpaired) electrons. The first-order valence-electron chi connectivity index (χ1n) is 8.23. The largest absolute Gasteiger partial charge is 0.305 e. The van der Waals surface area contributed by atoms with Crippen molar-refractivity contribution >= 4 is 5.57 Å². The van der Waals surface area contributed by atoms with Gasteiger partial charge in [-0.2, -0.15) is 0 Å². The number of aryl methyl sites for hydroxylation is 2. The highest BCUT2D eigenvalue weighted by molar-refractivity contribution is 5.89. The zero-order chi connectivity index (χ0) is 15.3. The first-order chi connectivity index (χ1) is 10.6. The van der Waals surface area contributed by atoms with Gasteiger partial charge in [-0.15, -0.1) is 0 Å². The number of fused-ring (bicyclic) bond motifs is 3. The minimum Gasteiger partial charge on any atom is -0.305 e. The zero-order valence-corrected chi connectivity index (χ0v) is 13.7. The Hall–Kier alpha value is -1.86. The smallest absolute Gasteiger partial charge is 0.0192 e. The molecule has 0 N–H and O–H groups in total. The number of likely N-dealkylation sites (N-methyl/N-ethyl adjacent to an activating group) is 1. The predicted octanol–water partition coefficient (Wildman–Crippen LogP) is 4.54. The lowest BCUT2D eigenvalue weighted by atomic mass is 9.89. The minimum absolute atomic E-state index is 0.588. The van der Waals surface area contributed by atoms with Gasteiger partial charge in [-0.25, -0.2) is 0 Å². The van der Waals surface area contributed by atoms with E-state index in [1.807, 2.05) is 0 Å². The van der Waals surface area contributed by atoms with Crippen molar-refractivity contribution in [3.8, 4) is 0 Å². The molecule has 2 aliphatic rings. The van der Waals surface area contributed by atoms with Crippen LogP contribution in [-0.2, 0) is 0 Å². The van der Waals surface area contributed by atoms with Crippen molar-refractivity contribution in [3.05, 3.63) is 75.9 Å². The third kappa shape index (κ3) is 2.12. The molecule has 1 fully saturated rings. The molecule has 2 aromatic rings. The van der Waals surface area contributed by atoms with E-state index in [-0.39, 0.29) is 0 Å². The van der Waals surface area contributed by atoms with E-state index in [1.54, 1.807) is 5.57 Å². The van der Waals surface area contributed by atoms with Crippen LogP contribution in [0.5, 0.6) is 0 Å². The molecule has 0 bridgehead atoms. The topological polar surface area (TPSA) is 3.24 Å². The summed E-state index contributed by atoms with van der Waals surface area (Å²) in [7, 11) is 2.25.